The fraction of sp³-hybridized carbons (Fsp3) is 0.333. The summed E-state index contributed by atoms with van der Waals surface area (Å²) >= 11 is 0. The van der Waals surface area contributed by atoms with Crippen LogP contribution in [0.1, 0.15) is 42.1 Å². The Morgan fingerprint density at radius 3 is 2.54 bits per heavy atom. The van der Waals surface area contributed by atoms with Crippen LogP contribution in [-0.2, 0) is 22.6 Å². The predicted molar refractivity (Wildman–Crippen MR) is 156 cm³/mol. The highest BCUT2D eigenvalue weighted by molar-refractivity contribution is 6.46. The summed E-state index contributed by atoms with van der Waals surface area (Å²) in [7, 11) is 3.82. The Balaban J connectivity index is 1.56. The molecule has 0 radical (unpaired) electrons. The zero-order chi connectivity index (χ0) is 29.1. The van der Waals surface area contributed by atoms with Crippen LogP contribution in [0.25, 0.3) is 5.76 Å². The van der Waals surface area contributed by atoms with Crippen LogP contribution in [0.3, 0.4) is 0 Å². The SMILES string of the molecule is CCOc1cc([C@@H]2C(=C(O)c3ccc4c(c3)C[C@@H](C)O4)C(=O)C(=O)N2CCN(C)C)ccc1OCc1ccccc1. The Labute approximate surface area is 240 Å². The Hall–Kier alpha value is -4.30. The number of aliphatic hydroxyl groups excluding tert-OH is 1. The van der Waals surface area contributed by atoms with Crippen LogP contribution in [0.4, 0.5) is 0 Å². The molecule has 214 valence electrons. The number of Topliss-reactive ketones (excluding diaryl/α,β-unsaturated/α-hetero) is 1. The van der Waals surface area contributed by atoms with E-state index in [1.807, 2.05) is 75.3 Å². The minimum atomic E-state index is -0.791. The quantitative estimate of drug-likeness (QED) is 0.214. The van der Waals surface area contributed by atoms with Crippen molar-refractivity contribution in [1.29, 1.82) is 0 Å². The van der Waals surface area contributed by atoms with Crippen molar-refractivity contribution in [1.82, 2.24) is 9.80 Å². The average Bonchev–Trinajstić information content (AvgIpc) is 3.46. The van der Waals surface area contributed by atoms with Gasteiger partial charge in [-0.3, -0.25) is 9.59 Å². The highest BCUT2D eigenvalue weighted by Crippen LogP contribution is 2.43. The lowest BCUT2D eigenvalue weighted by Gasteiger charge is -2.27. The maximum Gasteiger partial charge on any atom is 0.295 e. The zero-order valence-corrected chi connectivity index (χ0v) is 23.9. The van der Waals surface area contributed by atoms with E-state index >= 15 is 0 Å². The second-order valence-corrected chi connectivity index (χ2v) is 10.7. The molecule has 0 bridgehead atoms. The molecular formula is C33H36N2O6. The molecule has 0 spiro atoms. The molecule has 0 aromatic heterocycles. The van der Waals surface area contributed by atoms with Gasteiger partial charge in [-0.15, -0.1) is 0 Å². The number of rotatable bonds is 10. The Morgan fingerprint density at radius 2 is 1.80 bits per heavy atom. The van der Waals surface area contributed by atoms with Gasteiger partial charge in [-0.25, -0.2) is 0 Å². The lowest BCUT2D eigenvalue weighted by atomic mass is 9.94. The normalized spacial score (nSPS) is 19.4. The third kappa shape index (κ3) is 5.93. The van der Waals surface area contributed by atoms with E-state index in [-0.39, 0.29) is 17.4 Å². The van der Waals surface area contributed by atoms with Gasteiger partial charge in [0, 0.05) is 25.1 Å². The number of carbonyl (C=O) groups is 2. The van der Waals surface area contributed by atoms with E-state index in [2.05, 4.69) is 0 Å². The van der Waals surface area contributed by atoms with Crippen LogP contribution in [0.5, 0.6) is 17.2 Å². The van der Waals surface area contributed by atoms with Crippen molar-refractivity contribution >= 4 is 17.4 Å². The topological polar surface area (TPSA) is 88.5 Å². The third-order valence-electron chi connectivity index (χ3n) is 7.32. The van der Waals surface area contributed by atoms with Gasteiger partial charge in [0.1, 0.15) is 24.2 Å². The second kappa shape index (κ2) is 12.1. The monoisotopic (exact) mass is 556 g/mol. The van der Waals surface area contributed by atoms with E-state index in [4.69, 9.17) is 14.2 Å². The molecule has 1 fully saturated rings. The van der Waals surface area contributed by atoms with Gasteiger partial charge in [-0.05, 0) is 75.0 Å². The van der Waals surface area contributed by atoms with Gasteiger partial charge in [0.25, 0.3) is 11.7 Å². The van der Waals surface area contributed by atoms with Crippen molar-refractivity contribution in [3.05, 3.63) is 94.6 Å². The molecule has 2 heterocycles. The Morgan fingerprint density at radius 1 is 1.02 bits per heavy atom. The van der Waals surface area contributed by atoms with Gasteiger partial charge >= 0.3 is 0 Å². The van der Waals surface area contributed by atoms with Crippen molar-refractivity contribution in [3.63, 3.8) is 0 Å². The van der Waals surface area contributed by atoms with Gasteiger partial charge in [0.15, 0.2) is 11.5 Å². The van der Waals surface area contributed by atoms with Crippen LogP contribution < -0.4 is 14.2 Å². The molecule has 8 nitrogen and oxygen atoms in total. The predicted octanol–water partition coefficient (Wildman–Crippen LogP) is 4.97. The van der Waals surface area contributed by atoms with Gasteiger partial charge in [-0.1, -0.05) is 36.4 Å². The van der Waals surface area contributed by atoms with Gasteiger partial charge in [0.05, 0.1) is 18.2 Å². The number of ketones is 1. The molecule has 8 heteroatoms. The number of hydrogen-bond donors (Lipinski definition) is 1. The lowest BCUT2D eigenvalue weighted by molar-refractivity contribution is -0.140. The first-order chi connectivity index (χ1) is 19.8. The Kier molecular flexibility index (Phi) is 8.31. The van der Waals surface area contributed by atoms with Crippen molar-refractivity contribution in [2.24, 2.45) is 0 Å². The molecule has 1 N–H and O–H groups in total. The first-order valence-electron chi connectivity index (χ1n) is 13.9. The summed E-state index contributed by atoms with van der Waals surface area (Å²) in [5.74, 6) is 0.271. The molecular weight excluding hydrogens is 520 g/mol. The molecule has 5 rings (SSSR count). The van der Waals surface area contributed by atoms with Crippen LogP contribution in [0.2, 0.25) is 0 Å². The first-order valence-corrected chi connectivity index (χ1v) is 13.9. The fourth-order valence-electron chi connectivity index (χ4n) is 5.31. The highest BCUT2D eigenvalue weighted by atomic mass is 16.5. The summed E-state index contributed by atoms with van der Waals surface area (Å²) in [6.07, 6.45) is 0.748. The molecule has 2 atom stereocenters. The second-order valence-electron chi connectivity index (χ2n) is 10.7. The largest absolute Gasteiger partial charge is 0.507 e. The summed E-state index contributed by atoms with van der Waals surface area (Å²) in [5, 5.41) is 11.5. The third-order valence-corrected chi connectivity index (χ3v) is 7.32. The van der Waals surface area contributed by atoms with E-state index in [1.165, 1.54) is 4.90 Å². The molecule has 3 aromatic rings. The maximum atomic E-state index is 13.5. The highest BCUT2D eigenvalue weighted by Gasteiger charge is 2.46. The Bertz CT molecular complexity index is 1470. The minimum absolute atomic E-state index is 0.0404. The minimum Gasteiger partial charge on any atom is -0.507 e. The summed E-state index contributed by atoms with van der Waals surface area (Å²) in [5.41, 5.74) is 3.16. The molecule has 1 amide bonds. The van der Waals surface area contributed by atoms with E-state index in [1.54, 1.807) is 24.3 Å². The number of ether oxygens (including phenoxy) is 3. The van der Waals surface area contributed by atoms with Crippen molar-refractivity contribution < 1.29 is 28.9 Å². The number of amides is 1. The van der Waals surface area contributed by atoms with Crippen LogP contribution in [0.15, 0.2) is 72.3 Å². The van der Waals surface area contributed by atoms with E-state index < -0.39 is 17.7 Å². The van der Waals surface area contributed by atoms with E-state index in [9.17, 15) is 14.7 Å². The van der Waals surface area contributed by atoms with Crippen molar-refractivity contribution in [2.45, 2.75) is 39.0 Å². The average molecular weight is 557 g/mol. The van der Waals surface area contributed by atoms with E-state index in [0.29, 0.717) is 55.4 Å². The molecule has 0 unspecified atom stereocenters. The zero-order valence-electron chi connectivity index (χ0n) is 23.9. The first kappa shape index (κ1) is 28.2. The number of benzene rings is 3. The maximum absolute atomic E-state index is 13.5. The molecule has 0 saturated carbocycles. The number of aliphatic hydroxyl groups is 1. The van der Waals surface area contributed by atoms with Gasteiger partial charge in [0.2, 0.25) is 0 Å². The van der Waals surface area contributed by atoms with Gasteiger partial charge in [-0.2, -0.15) is 0 Å². The number of carbonyl (C=O) groups excluding carboxylic acids is 2. The number of fused-ring (bicyclic) bond motifs is 1. The summed E-state index contributed by atoms with van der Waals surface area (Å²) in [6, 6.07) is 19.8. The van der Waals surface area contributed by atoms with Crippen molar-refractivity contribution in [2.75, 3.05) is 33.8 Å². The molecule has 0 aliphatic carbocycles. The molecule has 2 aliphatic heterocycles. The number of hydrogen-bond acceptors (Lipinski definition) is 7. The molecule has 2 aliphatic rings. The summed E-state index contributed by atoms with van der Waals surface area (Å²) in [4.78, 5) is 30.3. The van der Waals surface area contributed by atoms with Gasteiger partial charge < -0.3 is 29.1 Å². The smallest absolute Gasteiger partial charge is 0.295 e. The summed E-state index contributed by atoms with van der Waals surface area (Å²) in [6.45, 7) is 5.50. The van der Waals surface area contributed by atoms with Crippen LogP contribution in [0, 0.1) is 0 Å². The molecule has 41 heavy (non-hydrogen) atoms. The number of likely N-dealkylation sites (N-methyl/N-ethyl adjacent to an activating group) is 1. The van der Waals surface area contributed by atoms with Crippen LogP contribution in [-0.4, -0.2) is 66.5 Å². The van der Waals surface area contributed by atoms with Crippen LogP contribution >= 0.6 is 0 Å². The lowest BCUT2D eigenvalue weighted by Crippen LogP contribution is -2.35. The number of nitrogens with zero attached hydrogens (tertiary/aromatic N) is 2. The van der Waals surface area contributed by atoms with Crippen molar-refractivity contribution in [3.8, 4) is 17.2 Å². The van der Waals surface area contributed by atoms with E-state index in [0.717, 1.165) is 16.9 Å². The molecule has 1 saturated heterocycles. The summed E-state index contributed by atoms with van der Waals surface area (Å²) < 4.78 is 17.8. The fourth-order valence-corrected chi connectivity index (χ4v) is 5.31. The number of likely N-dealkylation sites (tertiary alicyclic amines) is 1. The standard InChI is InChI=1S/C33H36N2O6/c1-5-39-28-19-23(11-14-27(28)40-20-22-9-7-6-8-10-22)30-29(32(37)33(38)35(30)16-15-34(3)4)31(36)24-12-13-26-25(18-24)17-21(2)41-26/h6-14,18-19,21,30,36H,5,15-17,20H2,1-4H3/t21-,30-/m1/s1. The molecule has 3 aromatic carbocycles.